The van der Waals surface area contributed by atoms with Crippen molar-refractivity contribution in [1.29, 1.82) is 0 Å². The number of nitrogens with zero attached hydrogens (tertiary/aromatic N) is 2. The molecule has 9 heteroatoms. The summed E-state index contributed by atoms with van der Waals surface area (Å²) in [6.07, 6.45) is 2.13. The Bertz CT molecular complexity index is 1480. The molecule has 2 aliphatic rings. The first-order valence-corrected chi connectivity index (χ1v) is 16.7. The monoisotopic (exact) mass is 546 g/mol. The lowest BCUT2D eigenvalue weighted by Crippen LogP contribution is -2.45. The molecular weight excluding hydrogens is 512 g/mol. The largest absolute Gasteiger partial charge is 0.504 e. The van der Waals surface area contributed by atoms with Crippen LogP contribution in [-0.2, 0) is 9.53 Å². The van der Waals surface area contributed by atoms with Gasteiger partial charge in [-0.25, -0.2) is 0 Å². The number of aromatic hydroxyl groups is 1. The van der Waals surface area contributed by atoms with Gasteiger partial charge >= 0.3 is 0 Å². The molecule has 1 atom stereocenters. The third kappa shape index (κ3) is 5.24. The normalized spacial score (nSPS) is 17.2. The lowest BCUT2D eigenvalue weighted by molar-refractivity contribution is -0.122. The molecule has 0 bridgehead atoms. The number of phenolic OH excluding ortho intramolecular Hbond substituents is 1. The minimum Gasteiger partial charge on any atom is -0.504 e. The fraction of sp³-hybridized carbons (Fsp3) is 0.333. The zero-order chi connectivity index (χ0) is 27.9. The van der Waals surface area contributed by atoms with Crippen molar-refractivity contribution in [3.05, 3.63) is 65.9 Å². The van der Waals surface area contributed by atoms with Crippen LogP contribution >= 0.6 is 0 Å². The maximum Gasteiger partial charge on any atom is 0.260 e. The number of amides is 2. The summed E-state index contributed by atoms with van der Waals surface area (Å²) in [5.41, 5.74) is 2.43. The summed E-state index contributed by atoms with van der Waals surface area (Å²) >= 11 is 0. The van der Waals surface area contributed by atoms with Crippen molar-refractivity contribution < 1.29 is 28.9 Å². The number of benzene rings is 3. The van der Waals surface area contributed by atoms with Crippen molar-refractivity contribution >= 4 is 41.9 Å². The Morgan fingerprint density at radius 2 is 1.72 bits per heavy atom. The van der Waals surface area contributed by atoms with Crippen molar-refractivity contribution in [3.8, 4) is 17.2 Å². The van der Waals surface area contributed by atoms with Gasteiger partial charge in [-0.1, -0.05) is 37.8 Å². The maximum absolute atomic E-state index is 14.0. The highest BCUT2D eigenvalue weighted by Crippen LogP contribution is 2.41. The van der Waals surface area contributed by atoms with Crippen LogP contribution in [0.3, 0.4) is 0 Å². The Kier molecular flexibility index (Phi) is 7.13. The van der Waals surface area contributed by atoms with E-state index in [1.165, 1.54) is 29.0 Å². The Morgan fingerprint density at radius 1 is 0.974 bits per heavy atom. The number of fused-ring (bicyclic) bond motifs is 3. The van der Waals surface area contributed by atoms with Crippen LogP contribution in [0.1, 0.15) is 22.3 Å². The van der Waals surface area contributed by atoms with Gasteiger partial charge in [0.25, 0.3) is 11.8 Å². The summed E-state index contributed by atoms with van der Waals surface area (Å²) in [4.78, 5) is 30.8. The van der Waals surface area contributed by atoms with Crippen LogP contribution in [0, 0.1) is 0 Å². The van der Waals surface area contributed by atoms with E-state index in [-0.39, 0.29) is 35.6 Å². The average molecular weight is 547 g/mol. The number of hydrogen-bond acceptors (Lipinski definition) is 6. The van der Waals surface area contributed by atoms with E-state index in [0.717, 1.165) is 33.7 Å². The van der Waals surface area contributed by atoms with E-state index in [1.54, 1.807) is 13.3 Å². The molecule has 39 heavy (non-hydrogen) atoms. The second-order valence-corrected chi connectivity index (χ2v) is 16.8. The lowest BCUT2D eigenvalue weighted by Gasteiger charge is -2.26. The van der Waals surface area contributed by atoms with Crippen LogP contribution in [0.25, 0.3) is 16.3 Å². The van der Waals surface area contributed by atoms with Crippen LogP contribution < -0.4 is 14.4 Å². The van der Waals surface area contributed by atoms with E-state index in [9.17, 15) is 14.7 Å². The Morgan fingerprint density at radius 3 is 2.44 bits per heavy atom. The zero-order valence-electron chi connectivity index (χ0n) is 23.0. The number of ether oxygens (including phenoxy) is 3. The van der Waals surface area contributed by atoms with Gasteiger partial charge in [0.1, 0.15) is 18.5 Å². The van der Waals surface area contributed by atoms with Crippen molar-refractivity contribution in [2.24, 2.45) is 0 Å². The molecule has 8 nitrogen and oxygen atoms in total. The molecule has 0 spiro atoms. The molecule has 204 valence electrons. The molecule has 5 rings (SSSR count). The predicted octanol–water partition coefficient (Wildman–Crippen LogP) is 5.48. The van der Waals surface area contributed by atoms with Gasteiger partial charge < -0.3 is 24.2 Å². The third-order valence-electron chi connectivity index (χ3n) is 7.28. The highest BCUT2D eigenvalue weighted by Gasteiger charge is 2.43. The second kappa shape index (κ2) is 10.4. The van der Waals surface area contributed by atoms with E-state index >= 15 is 0 Å². The molecule has 3 aromatic carbocycles. The Hall–Kier alpha value is -3.82. The fourth-order valence-electron chi connectivity index (χ4n) is 4.99. The average Bonchev–Trinajstić information content (AvgIpc) is 3.34. The first kappa shape index (κ1) is 26.8. The molecule has 0 radical (unpaired) electrons. The summed E-state index contributed by atoms with van der Waals surface area (Å²) in [6, 6.07) is 15.1. The second-order valence-electron chi connectivity index (χ2n) is 11.2. The zero-order valence-corrected chi connectivity index (χ0v) is 24.0. The third-order valence-corrected chi connectivity index (χ3v) is 8.99. The quantitative estimate of drug-likeness (QED) is 0.298. The molecule has 0 aliphatic carbocycles. The topological polar surface area (TPSA) is 88.5 Å². The number of carbonyl (C=O) groups excluding carboxylic acids is 2. The molecule has 0 saturated heterocycles. The van der Waals surface area contributed by atoms with Crippen LogP contribution in [0.15, 0.2) is 54.7 Å². The number of phenols is 1. The lowest BCUT2D eigenvalue weighted by atomic mass is 9.98. The van der Waals surface area contributed by atoms with Crippen molar-refractivity contribution in [3.63, 3.8) is 0 Å². The fourth-order valence-corrected chi connectivity index (χ4v) is 5.74. The van der Waals surface area contributed by atoms with Gasteiger partial charge in [0.2, 0.25) is 0 Å². The smallest absolute Gasteiger partial charge is 0.260 e. The minimum atomic E-state index is -1.33. The summed E-state index contributed by atoms with van der Waals surface area (Å²) in [6.45, 7) is 7.33. The van der Waals surface area contributed by atoms with Crippen molar-refractivity contribution in [2.75, 3.05) is 32.5 Å². The molecule has 3 aromatic rings. The summed E-state index contributed by atoms with van der Waals surface area (Å²) < 4.78 is 16.6. The molecule has 0 saturated carbocycles. The highest BCUT2D eigenvalue weighted by molar-refractivity contribution is 6.76. The molecule has 0 unspecified atom stereocenters. The van der Waals surface area contributed by atoms with Crippen LogP contribution in [0.4, 0.5) is 5.69 Å². The predicted molar refractivity (Wildman–Crippen MR) is 154 cm³/mol. The number of rotatable bonds is 8. The molecular formula is C30H34N2O6Si. The number of carbonyl (C=O) groups is 2. The number of methoxy groups -OCH3 is 2. The number of hydrogen-bond donors (Lipinski definition) is 1. The van der Waals surface area contributed by atoms with Gasteiger partial charge in [-0.2, -0.15) is 0 Å². The van der Waals surface area contributed by atoms with Crippen molar-refractivity contribution in [1.82, 2.24) is 4.90 Å². The standard InChI is InChI=1S/C30H34N2O6Si/c1-36-23-9-8-19-12-20(6-7-21(19)13-23)22-14-26-30(35)32(18-38-10-11-39(3,4)5)25-16-28(37-2)27(33)15-24(25)29(34)31(26)17-22/h6-9,12-13,15-17,26,33H,10-11,14,18H2,1-5H3/t26-/m0/s1. The van der Waals surface area contributed by atoms with E-state index < -0.39 is 14.1 Å². The van der Waals surface area contributed by atoms with Crippen LogP contribution in [-0.4, -0.2) is 63.5 Å². The van der Waals surface area contributed by atoms with Gasteiger partial charge in [-0.15, -0.1) is 0 Å². The van der Waals surface area contributed by atoms with Crippen LogP contribution in [0.2, 0.25) is 25.7 Å². The van der Waals surface area contributed by atoms with E-state index in [2.05, 4.69) is 25.7 Å². The van der Waals surface area contributed by atoms with Gasteiger partial charge in [0.15, 0.2) is 11.5 Å². The molecule has 2 amide bonds. The van der Waals surface area contributed by atoms with Crippen molar-refractivity contribution in [2.45, 2.75) is 38.1 Å². The van der Waals surface area contributed by atoms with Gasteiger partial charge in [-0.05, 0) is 52.2 Å². The SMILES string of the molecule is COc1ccc2cc(C3=CN4C(=O)c5cc(O)c(OC)cc5N(COCC[Si](C)(C)C)C(=O)[C@@H]4C3)ccc2c1. The maximum atomic E-state index is 14.0. The summed E-state index contributed by atoms with van der Waals surface area (Å²) in [5.74, 6) is 0.215. The summed E-state index contributed by atoms with van der Waals surface area (Å²) in [5, 5.41) is 12.6. The summed E-state index contributed by atoms with van der Waals surface area (Å²) in [7, 11) is 1.75. The van der Waals surface area contributed by atoms with Gasteiger partial charge in [-0.3, -0.25) is 14.5 Å². The Labute approximate surface area is 229 Å². The van der Waals surface area contributed by atoms with Gasteiger partial charge in [0.05, 0.1) is 25.5 Å². The van der Waals surface area contributed by atoms with Gasteiger partial charge in [0, 0.05) is 33.4 Å². The molecule has 1 N–H and O–H groups in total. The molecule has 0 aromatic heterocycles. The highest BCUT2D eigenvalue weighted by atomic mass is 28.3. The molecule has 0 fully saturated rings. The van der Waals surface area contributed by atoms with E-state index in [1.807, 2.05) is 30.3 Å². The van der Waals surface area contributed by atoms with E-state index in [4.69, 9.17) is 14.2 Å². The van der Waals surface area contributed by atoms with Crippen LogP contribution in [0.5, 0.6) is 17.2 Å². The first-order valence-electron chi connectivity index (χ1n) is 13.0. The minimum absolute atomic E-state index is 0.00893. The molecule has 2 aliphatic heterocycles. The molecule has 2 heterocycles. The first-order chi connectivity index (χ1) is 18.6. The Balaban J connectivity index is 1.50. The number of anilines is 1. The van der Waals surface area contributed by atoms with E-state index in [0.29, 0.717) is 18.7 Å².